The van der Waals surface area contributed by atoms with Crippen LogP contribution in [0.5, 0.6) is 0 Å². The highest BCUT2D eigenvalue weighted by molar-refractivity contribution is 8.50. The van der Waals surface area contributed by atoms with Gasteiger partial charge >= 0.3 is 0 Å². The molecule has 0 rings (SSSR count). The summed E-state index contributed by atoms with van der Waals surface area (Å²) in [7, 11) is 5.34. The molecule has 0 fully saturated rings. The Bertz CT molecular complexity index is 392. The molecule has 0 aliphatic heterocycles. The van der Waals surface area contributed by atoms with E-state index in [2.05, 4.69) is 78.0 Å². The van der Waals surface area contributed by atoms with E-state index in [1.165, 1.54) is 11.1 Å². The van der Waals surface area contributed by atoms with Crippen molar-refractivity contribution >= 4 is 19.9 Å². The van der Waals surface area contributed by atoms with Gasteiger partial charge in [-0.15, -0.1) is 6.58 Å². The molecule has 0 aromatic carbocycles. The highest BCUT2D eigenvalue weighted by Crippen LogP contribution is 2.53. The van der Waals surface area contributed by atoms with Crippen molar-refractivity contribution in [1.29, 1.82) is 0 Å². The SMILES string of the molecule is C=CC(\C(C)=C/C=C(/C=C/C(C)C)C(C)C)S(C)(C)Cl. The third kappa shape index (κ3) is 7.40. The van der Waals surface area contributed by atoms with Gasteiger partial charge in [0.2, 0.25) is 0 Å². The maximum absolute atomic E-state index is 6.51. The van der Waals surface area contributed by atoms with Gasteiger partial charge < -0.3 is 0 Å². The van der Waals surface area contributed by atoms with E-state index in [-0.39, 0.29) is 5.25 Å². The Labute approximate surface area is 132 Å². The Morgan fingerprint density at radius 3 is 2.00 bits per heavy atom. The molecule has 0 saturated carbocycles. The normalized spacial score (nSPS) is 17.1. The second-order valence-electron chi connectivity index (χ2n) is 6.27. The minimum atomic E-state index is -1.17. The molecular weight excluding hydrogens is 284 g/mol. The van der Waals surface area contributed by atoms with Gasteiger partial charge in [0, 0.05) is 5.25 Å². The van der Waals surface area contributed by atoms with Gasteiger partial charge in [-0.25, -0.2) is 0 Å². The Balaban J connectivity index is 5.26. The Morgan fingerprint density at radius 2 is 1.65 bits per heavy atom. The van der Waals surface area contributed by atoms with E-state index in [0.29, 0.717) is 11.8 Å². The molecule has 0 N–H and O–H groups in total. The van der Waals surface area contributed by atoms with Crippen LogP contribution in [0.2, 0.25) is 0 Å². The first-order valence-electron chi connectivity index (χ1n) is 7.20. The summed E-state index contributed by atoms with van der Waals surface area (Å²) in [5.41, 5.74) is 2.63. The number of rotatable bonds is 7. The molecule has 0 radical (unpaired) electrons. The first kappa shape index (κ1) is 19.6. The maximum atomic E-state index is 6.51. The Morgan fingerprint density at radius 1 is 1.10 bits per heavy atom. The van der Waals surface area contributed by atoms with Crippen LogP contribution in [0.4, 0.5) is 0 Å². The van der Waals surface area contributed by atoms with Crippen LogP contribution >= 0.6 is 19.9 Å². The van der Waals surface area contributed by atoms with Crippen molar-refractivity contribution in [3.8, 4) is 0 Å². The van der Waals surface area contributed by atoms with Crippen LogP contribution in [0.25, 0.3) is 0 Å². The van der Waals surface area contributed by atoms with E-state index in [9.17, 15) is 0 Å². The highest BCUT2D eigenvalue weighted by atomic mass is 35.7. The van der Waals surface area contributed by atoms with Crippen LogP contribution in [-0.2, 0) is 0 Å². The predicted molar refractivity (Wildman–Crippen MR) is 99.9 cm³/mol. The lowest BCUT2D eigenvalue weighted by atomic mass is 10.00. The van der Waals surface area contributed by atoms with E-state index in [0.717, 1.165) is 0 Å². The molecule has 0 amide bonds. The lowest BCUT2D eigenvalue weighted by Crippen LogP contribution is -2.10. The van der Waals surface area contributed by atoms with E-state index in [4.69, 9.17) is 10.7 Å². The molecule has 0 heterocycles. The summed E-state index contributed by atoms with van der Waals surface area (Å²) in [6, 6.07) is 0. The molecule has 0 aliphatic carbocycles. The predicted octanol–water partition coefficient (Wildman–Crippen LogP) is 6.50. The van der Waals surface area contributed by atoms with Gasteiger partial charge in [0.15, 0.2) is 0 Å². The second kappa shape index (κ2) is 8.79. The molecule has 0 aliphatic rings. The number of allylic oxidation sites excluding steroid dienone is 5. The molecular formula is C18H31ClS. The largest absolute Gasteiger partial charge is 0.159 e. The van der Waals surface area contributed by atoms with Crippen LogP contribution in [0.15, 0.2) is 48.1 Å². The molecule has 20 heavy (non-hydrogen) atoms. The van der Waals surface area contributed by atoms with Gasteiger partial charge in [0.1, 0.15) is 0 Å². The first-order valence-corrected chi connectivity index (χ1v) is 10.5. The van der Waals surface area contributed by atoms with Crippen molar-refractivity contribution in [1.82, 2.24) is 0 Å². The van der Waals surface area contributed by atoms with Gasteiger partial charge in [-0.2, -0.15) is 9.24 Å². The monoisotopic (exact) mass is 314 g/mol. The first-order chi connectivity index (χ1) is 9.09. The third-order valence-corrected chi connectivity index (χ3v) is 5.49. The van der Waals surface area contributed by atoms with E-state index in [1.54, 1.807) is 0 Å². The molecule has 1 atom stereocenters. The van der Waals surface area contributed by atoms with Gasteiger partial charge in [0.05, 0.1) is 0 Å². The molecule has 116 valence electrons. The van der Waals surface area contributed by atoms with Crippen LogP contribution in [0, 0.1) is 11.8 Å². The van der Waals surface area contributed by atoms with Crippen LogP contribution in [-0.4, -0.2) is 17.8 Å². The average Bonchev–Trinajstić information content (AvgIpc) is 2.26. The minimum Gasteiger partial charge on any atom is -0.159 e. The summed E-state index contributed by atoms with van der Waals surface area (Å²) in [5, 5.41) is 0.267. The Kier molecular flexibility index (Phi) is 8.62. The van der Waals surface area contributed by atoms with E-state index >= 15 is 0 Å². The fourth-order valence-electron chi connectivity index (χ4n) is 1.92. The fourth-order valence-corrected chi connectivity index (χ4v) is 3.98. The second-order valence-corrected chi connectivity index (χ2v) is 11.7. The van der Waals surface area contributed by atoms with Crippen molar-refractivity contribution in [2.24, 2.45) is 11.8 Å². The quantitative estimate of drug-likeness (QED) is 0.371. The van der Waals surface area contributed by atoms with E-state index in [1.807, 2.05) is 6.08 Å². The van der Waals surface area contributed by atoms with Gasteiger partial charge in [-0.1, -0.05) is 74.3 Å². The van der Waals surface area contributed by atoms with Crippen molar-refractivity contribution in [3.63, 3.8) is 0 Å². The molecule has 1 unspecified atom stereocenters. The van der Waals surface area contributed by atoms with Crippen molar-refractivity contribution in [2.45, 2.75) is 39.9 Å². The summed E-state index contributed by atoms with van der Waals surface area (Å²) in [6.07, 6.45) is 15.1. The number of hydrogen-bond donors (Lipinski definition) is 0. The van der Waals surface area contributed by atoms with Crippen LogP contribution in [0.1, 0.15) is 34.6 Å². The van der Waals surface area contributed by atoms with Crippen molar-refractivity contribution in [2.75, 3.05) is 12.5 Å². The minimum absolute atomic E-state index is 0.267. The third-order valence-electron chi connectivity index (χ3n) is 3.15. The highest BCUT2D eigenvalue weighted by Gasteiger charge is 2.20. The zero-order chi connectivity index (χ0) is 15.9. The fraction of sp³-hybridized carbons (Fsp3) is 0.556. The molecule has 2 heteroatoms. The Hall–Kier alpha value is -0.400. The summed E-state index contributed by atoms with van der Waals surface area (Å²) < 4.78 is 0. The summed E-state index contributed by atoms with van der Waals surface area (Å²) >= 11 is 0. The van der Waals surface area contributed by atoms with Crippen molar-refractivity contribution < 1.29 is 0 Å². The molecule has 0 bridgehead atoms. The molecule has 0 saturated heterocycles. The average molecular weight is 315 g/mol. The lowest BCUT2D eigenvalue weighted by Gasteiger charge is -2.31. The van der Waals surface area contributed by atoms with Crippen LogP contribution < -0.4 is 0 Å². The zero-order valence-corrected chi connectivity index (χ0v) is 15.7. The summed E-state index contributed by atoms with van der Waals surface area (Å²) in [5.74, 6) is 1.10. The maximum Gasteiger partial charge on any atom is 0.0396 e. The van der Waals surface area contributed by atoms with Gasteiger partial charge in [0.25, 0.3) is 0 Å². The smallest absolute Gasteiger partial charge is 0.0396 e. The van der Waals surface area contributed by atoms with Crippen LogP contribution in [0.3, 0.4) is 0 Å². The summed E-state index contributed by atoms with van der Waals surface area (Å²) in [4.78, 5) is 0. The zero-order valence-electron chi connectivity index (χ0n) is 14.1. The number of halogens is 1. The molecule has 0 nitrogen and oxygen atoms in total. The van der Waals surface area contributed by atoms with Crippen molar-refractivity contribution in [3.05, 3.63) is 48.1 Å². The molecule has 0 spiro atoms. The molecule has 0 aromatic rings. The lowest BCUT2D eigenvalue weighted by molar-refractivity contribution is 0.780. The van der Waals surface area contributed by atoms with E-state index < -0.39 is 9.24 Å². The van der Waals surface area contributed by atoms with Gasteiger partial charge in [-0.05, 0) is 36.8 Å². The standard InChI is InChI=1S/C18H31ClS/c1-9-18(20(7,8)19)16(6)11-13-17(15(4)5)12-10-14(2)3/h9-15,18H,1H2,2-8H3/b12-10+,16-11-,17-13-. The topological polar surface area (TPSA) is 0 Å². The number of hydrogen-bond acceptors (Lipinski definition) is 0. The van der Waals surface area contributed by atoms with Gasteiger partial charge in [-0.3, -0.25) is 0 Å². The summed E-state index contributed by atoms with van der Waals surface area (Å²) in [6.45, 7) is 14.9. The molecule has 0 aromatic heterocycles.